The van der Waals surface area contributed by atoms with Crippen LogP contribution in [0.4, 0.5) is 0 Å². The zero-order valence-corrected chi connectivity index (χ0v) is 19.9. The topological polar surface area (TPSA) is 73.8 Å². The Morgan fingerprint density at radius 2 is 1.86 bits per heavy atom. The van der Waals surface area contributed by atoms with Gasteiger partial charge in [-0.25, -0.2) is 8.42 Å². The minimum absolute atomic E-state index is 0. The molecule has 1 heterocycles. The highest BCUT2D eigenvalue weighted by molar-refractivity contribution is 14.0. The monoisotopic (exact) mass is 520 g/mol. The molecule has 0 bridgehead atoms. The second kappa shape index (κ2) is 10.8. The van der Waals surface area contributed by atoms with Gasteiger partial charge in [0.15, 0.2) is 5.96 Å². The molecule has 3 rings (SSSR count). The van der Waals surface area contributed by atoms with Crippen molar-refractivity contribution in [1.29, 1.82) is 0 Å². The molecule has 1 aliphatic heterocycles. The molecule has 0 amide bonds. The number of sulfone groups is 1. The molecule has 1 saturated heterocycles. The zero-order chi connectivity index (χ0) is 19.3. The summed E-state index contributed by atoms with van der Waals surface area (Å²) in [7, 11) is -2.88. The molecular formula is C20H33IN4O2S. The lowest BCUT2D eigenvalue weighted by molar-refractivity contribution is 0.216. The van der Waals surface area contributed by atoms with E-state index in [2.05, 4.69) is 57.8 Å². The summed E-state index contributed by atoms with van der Waals surface area (Å²) in [4.78, 5) is 6.86. The SMILES string of the molecule is CCN=C(NC1CCN(CCS(C)(=O)=O)CC1)NC1CC1c1ccccc1.I. The molecule has 28 heavy (non-hydrogen) atoms. The maximum absolute atomic E-state index is 11.3. The number of benzene rings is 1. The first-order valence-corrected chi connectivity index (χ1v) is 12.0. The van der Waals surface area contributed by atoms with Crippen LogP contribution in [0.5, 0.6) is 0 Å². The van der Waals surface area contributed by atoms with E-state index in [0.29, 0.717) is 24.5 Å². The zero-order valence-electron chi connectivity index (χ0n) is 16.8. The molecule has 0 aromatic heterocycles. The van der Waals surface area contributed by atoms with Gasteiger partial charge in [0.2, 0.25) is 0 Å². The van der Waals surface area contributed by atoms with Crippen LogP contribution < -0.4 is 10.6 Å². The molecule has 6 nitrogen and oxygen atoms in total. The summed E-state index contributed by atoms with van der Waals surface area (Å²) in [6, 6.07) is 11.5. The second-order valence-corrected chi connectivity index (χ2v) is 9.98. The van der Waals surface area contributed by atoms with Crippen LogP contribution in [0.2, 0.25) is 0 Å². The second-order valence-electron chi connectivity index (χ2n) is 7.72. The summed E-state index contributed by atoms with van der Waals surface area (Å²) < 4.78 is 22.7. The van der Waals surface area contributed by atoms with E-state index < -0.39 is 9.84 Å². The fourth-order valence-corrected chi connectivity index (χ4v) is 4.27. The fraction of sp³-hybridized carbons (Fsp3) is 0.650. The van der Waals surface area contributed by atoms with Crippen LogP contribution in [0.25, 0.3) is 0 Å². The molecule has 2 aliphatic rings. The summed E-state index contributed by atoms with van der Waals surface area (Å²) >= 11 is 0. The highest BCUT2D eigenvalue weighted by Gasteiger charge is 2.39. The van der Waals surface area contributed by atoms with Gasteiger partial charge in [0.1, 0.15) is 9.84 Å². The van der Waals surface area contributed by atoms with Crippen LogP contribution in [0.1, 0.15) is 37.7 Å². The number of nitrogens with one attached hydrogen (secondary N) is 2. The van der Waals surface area contributed by atoms with E-state index >= 15 is 0 Å². The summed E-state index contributed by atoms with van der Waals surface area (Å²) in [5, 5.41) is 7.18. The van der Waals surface area contributed by atoms with Crippen molar-refractivity contribution in [2.45, 2.75) is 44.2 Å². The predicted molar refractivity (Wildman–Crippen MR) is 126 cm³/mol. The molecule has 8 heteroatoms. The maximum Gasteiger partial charge on any atom is 0.191 e. The van der Waals surface area contributed by atoms with Gasteiger partial charge in [-0.2, -0.15) is 0 Å². The van der Waals surface area contributed by atoms with Crippen molar-refractivity contribution in [2.75, 3.05) is 38.2 Å². The van der Waals surface area contributed by atoms with Gasteiger partial charge in [-0.05, 0) is 31.7 Å². The molecule has 2 N–H and O–H groups in total. The van der Waals surface area contributed by atoms with Gasteiger partial charge >= 0.3 is 0 Å². The van der Waals surface area contributed by atoms with Gasteiger partial charge in [0.05, 0.1) is 5.75 Å². The van der Waals surface area contributed by atoms with Crippen molar-refractivity contribution >= 4 is 39.8 Å². The minimum atomic E-state index is -2.88. The number of rotatable bonds is 7. The van der Waals surface area contributed by atoms with Gasteiger partial charge in [-0.15, -0.1) is 24.0 Å². The van der Waals surface area contributed by atoms with Gasteiger partial charge in [0.25, 0.3) is 0 Å². The van der Waals surface area contributed by atoms with Crippen LogP contribution in [0, 0.1) is 0 Å². The van der Waals surface area contributed by atoms with Crippen LogP contribution in [-0.4, -0.2) is 69.5 Å². The first-order chi connectivity index (χ1) is 12.9. The number of halogens is 1. The normalized spacial score (nSPS) is 23.7. The third-order valence-corrected chi connectivity index (χ3v) is 6.29. The fourth-order valence-electron chi connectivity index (χ4n) is 3.68. The van der Waals surface area contributed by atoms with E-state index in [9.17, 15) is 8.42 Å². The Hall–Kier alpha value is -0.870. The Balaban J connectivity index is 0.00000280. The Labute approximate surface area is 186 Å². The van der Waals surface area contributed by atoms with Gasteiger partial charge in [-0.3, -0.25) is 4.99 Å². The first kappa shape index (κ1) is 23.4. The molecule has 0 radical (unpaired) electrons. The Bertz CT molecular complexity index is 734. The van der Waals surface area contributed by atoms with Crippen molar-refractivity contribution in [3.05, 3.63) is 35.9 Å². The predicted octanol–water partition coefficient (Wildman–Crippen LogP) is 2.22. The number of aliphatic imine (C=N–C) groups is 1. The Morgan fingerprint density at radius 1 is 1.18 bits per heavy atom. The van der Waals surface area contributed by atoms with Gasteiger partial charge in [-0.1, -0.05) is 30.3 Å². The number of guanidine groups is 1. The molecule has 1 aromatic carbocycles. The standard InChI is InChI=1S/C20H32N4O2S.HI/c1-3-21-20(23-19-15-18(19)16-7-5-4-6-8-16)22-17-9-11-24(12-10-17)13-14-27(2,25)26;/h4-8,17-19H,3,9-15H2,1-2H3,(H2,21,22,23);1H. The summed E-state index contributed by atoms with van der Waals surface area (Å²) in [5.41, 5.74) is 1.39. The highest BCUT2D eigenvalue weighted by atomic mass is 127. The Morgan fingerprint density at radius 3 is 2.46 bits per heavy atom. The van der Waals surface area contributed by atoms with Crippen molar-refractivity contribution in [3.63, 3.8) is 0 Å². The summed E-state index contributed by atoms with van der Waals surface area (Å²) in [6.45, 7) is 5.32. The molecule has 1 aliphatic carbocycles. The van der Waals surface area contributed by atoms with Gasteiger partial charge < -0.3 is 15.5 Å². The minimum Gasteiger partial charge on any atom is -0.354 e. The largest absolute Gasteiger partial charge is 0.354 e. The lowest BCUT2D eigenvalue weighted by Gasteiger charge is -2.33. The molecular weight excluding hydrogens is 487 g/mol. The molecule has 0 spiro atoms. The lowest BCUT2D eigenvalue weighted by atomic mass is 10.1. The number of hydrogen-bond donors (Lipinski definition) is 2. The number of piperidine rings is 1. The third kappa shape index (κ3) is 7.51. The molecule has 2 fully saturated rings. The smallest absolute Gasteiger partial charge is 0.191 e. The highest BCUT2D eigenvalue weighted by Crippen LogP contribution is 2.40. The maximum atomic E-state index is 11.3. The number of nitrogens with zero attached hydrogens (tertiary/aromatic N) is 2. The first-order valence-electron chi connectivity index (χ1n) is 9.97. The van der Waals surface area contributed by atoms with E-state index in [1.165, 1.54) is 11.8 Å². The summed E-state index contributed by atoms with van der Waals surface area (Å²) in [5.74, 6) is 1.74. The summed E-state index contributed by atoms with van der Waals surface area (Å²) in [6.07, 6.45) is 4.49. The van der Waals surface area contributed by atoms with Crippen LogP contribution in [0.3, 0.4) is 0 Å². The average molecular weight is 520 g/mol. The van der Waals surface area contributed by atoms with E-state index in [-0.39, 0.29) is 29.7 Å². The molecule has 2 unspecified atom stereocenters. The number of likely N-dealkylation sites (tertiary alicyclic amines) is 1. The van der Waals surface area contributed by atoms with Crippen molar-refractivity contribution in [2.24, 2.45) is 4.99 Å². The molecule has 1 saturated carbocycles. The van der Waals surface area contributed by atoms with Crippen molar-refractivity contribution < 1.29 is 8.42 Å². The van der Waals surface area contributed by atoms with Crippen LogP contribution in [-0.2, 0) is 9.84 Å². The van der Waals surface area contributed by atoms with Crippen molar-refractivity contribution in [3.8, 4) is 0 Å². The third-order valence-electron chi connectivity index (χ3n) is 5.36. The molecule has 2 atom stereocenters. The van der Waals surface area contributed by atoms with Crippen LogP contribution in [0.15, 0.2) is 35.3 Å². The average Bonchev–Trinajstić information content (AvgIpc) is 3.40. The quantitative estimate of drug-likeness (QED) is 0.328. The molecule has 1 aromatic rings. The van der Waals surface area contributed by atoms with E-state index in [0.717, 1.165) is 44.9 Å². The number of hydrogen-bond acceptors (Lipinski definition) is 4. The van der Waals surface area contributed by atoms with E-state index in [1.54, 1.807) is 0 Å². The van der Waals surface area contributed by atoms with Crippen molar-refractivity contribution in [1.82, 2.24) is 15.5 Å². The van der Waals surface area contributed by atoms with Crippen LogP contribution >= 0.6 is 24.0 Å². The molecule has 158 valence electrons. The van der Waals surface area contributed by atoms with Gasteiger partial charge in [0, 0.05) is 50.4 Å². The lowest BCUT2D eigenvalue weighted by Crippen LogP contribution is -2.49. The Kier molecular flexibility index (Phi) is 9.01. The van der Waals surface area contributed by atoms with E-state index in [1.807, 2.05) is 0 Å². The van der Waals surface area contributed by atoms with E-state index in [4.69, 9.17) is 0 Å².